The van der Waals surface area contributed by atoms with Crippen LogP contribution in [0.3, 0.4) is 0 Å². The molecule has 1 aromatic carbocycles. The molecule has 16 heavy (non-hydrogen) atoms. The largest absolute Gasteiger partial charge is 0.319 e. The summed E-state index contributed by atoms with van der Waals surface area (Å²) in [6.07, 6.45) is 3.39. The molecule has 0 spiro atoms. The van der Waals surface area contributed by atoms with Crippen LogP contribution in [-0.4, -0.2) is 13.6 Å². The highest BCUT2D eigenvalue weighted by molar-refractivity contribution is 9.10. The average Bonchev–Trinajstić information content (AvgIpc) is 2.25. The maximum Gasteiger partial charge on any atom is 0.126 e. The van der Waals surface area contributed by atoms with Crippen LogP contribution in [0.5, 0.6) is 0 Å². The van der Waals surface area contributed by atoms with E-state index in [1.54, 1.807) is 12.1 Å². The Morgan fingerprint density at radius 1 is 1.38 bits per heavy atom. The van der Waals surface area contributed by atoms with Gasteiger partial charge in [-0.25, -0.2) is 4.39 Å². The van der Waals surface area contributed by atoms with Crippen molar-refractivity contribution in [1.82, 2.24) is 5.32 Å². The first kappa shape index (κ1) is 12.1. The van der Waals surface area contributed by atoms with Crippen molar-refractivity contribution in [1.29, 1.82) is 0 Å². The molecular formula is C13H17BrFN. The van der Waals surface area contributed by atoms with Crippen LogP contribution in [0.4, 0.5) is 4.39 Å². The van der Waals surface area contributed by atoms with Crippen LogP contribution in [0, 0.1) is 17.7 Å². The number of rotatable bonds is 4. The van der Waals surface area contributed by atoms with Crippen LogP contribution in [-0.2, 0) is 6.42 Å². The minimum atomic E-state index is -0.0710. The summed E-state index contributed by atoms with van der Waals surface area (Å²) in [6.45, 7) is 1.06. The monoisotopic (exact) mass is 285 g/mol. The lowest BCUT2D eigenvalue weighted by molar-refractivity contribution is 0.172. The van der Waals surface area contributed by atoms with Crippen molar-refractivity contribution < 1.29 is 4.39 Å². The third-order valence-electron chi connectivity index (χ3n) is 3.53. The molecular weight excluding hydrogens is 269 g/mol. The van der Waals surface area contributed by atoms with E-state index >= 15 is 0 Å². The van der Waals surface area contributed by atoms with Crippen molar-refractivity contribution in [2.24, 2.45) is 11.8 Å². The third-order valence-corrected chi connectivity index (χ3v) is 4.02. The van der Waals surface area contributed by atoms with Crippen LogP contribution >= 0.6 is 15.9 Å². The molecule has 0 saturated heterocycles. The molecule has 1 aromatic rings. The van der Waals surface area contributed by atoms with Crippen LogP contribution < -0.4 is 5.32 Å². The van der Waals surface area contributed by atoms with E-state index in [1.165, 1.54) is 12.8 Å². The topological polar surface area (TPSA) is 12.0 Å². The van der Waals surface area contributed by atoms with Crippen LogP contribution in [0.2, 0.25) is 0 Å². The molecule has 1 aliphatic carbocycles. The van der Waals surface area contributed by atoms with Crippen LogP contribution in [0.1, 0.15) is 18.4 Å². The maximum absolute atomic E-state index is 13.6. The first-order chi connectivity index (χ1) is 7.70. The fourth-order valence-corrected chi connectivity index (χ4v) is 2.83. The number of halogens is 2. The minimum Gasteiger partial charge on any atom is -0.319 e. The Hall–Kier alpha value is -0.410. The molecule has 0 heterocycles. The van der Waals surface area contributed by atoms with Gasteiger partial charge in [0.05, 0.1) is 0 Å². The van der Waals surface area contributed by atoms with Gasteiger partial charge in [0, 0.05) is 4.47 Å². The molecule has 1 fully saturated rings. The van der Waals surface area contributed by atoms with E-state index < -0.39 is 0 Å². The third kappa shape index (κ3) is 2.64. The standard InChI is InChI=1S/C13H17BrFN/c1-16-8-10-3-2-9(10)6-11-7-12(14)4-5-13(11)15/h4-5,7,9-10,16H,2-3,6,8H2,1H3. The van der Waals surface area contributed by atoms with Gasteiger partial charge in [-0.3, -0.25) is 0 Å². The summed E-state index contributed by atoms with van der Waals surface area (Å²) < 4.78 is 14.5. The molecule has 2 rings (SSSR count). The van der Waals surface area contributed by atoms with Gasteiger partial charge < -0.3 is 5.32 Å². The van der Waals surface area contributed by atoms with Gasteiger partial charge in [-0.2, -0.15) is 0 Å². The smallest absolute Gasteiger partial charge is 0.126 e. The summed E-state index contributed by atoms with van der Waals surface area (Å²) in [6, 6.07) is 5.21. The summed E-state index contributed by atoms with van der Waals surface area (Å²) in [5.41, 5.74) is 0.847. The van der Waals surface area contributed by atoms with Crippen LogP contribution in [0.15, 0.2) is 22.7 Å². The maximum atomic E-state index is 13.6. The lowest BCUT2D eigenvalue weighted by Crippen LogP contribution is -2.35. The van der Waals surface area contributed by atoms with E-state index in [1.807, 2.05) is 13.1 Å². The van der Waals surface area contributed by atoms with Gasteiger partial charge in [-0.05, 0) is 68.5 Å². The molecule has 1 saturated carbocycles. The van der Waals surface area contributed by atoms with E-state index in [0.29, 0.717) is 5.92 Å². The van der Waals surface area contributed by atoms with E-state index in [2.05, 4.69) is 21.2 Å². The van der Waals surface area contributed by atoms with Gasteiger partial charge in [0.1, 0.15) is 5.82 Å². The van der Waals surface area contributed by atoms with Gasteiger partial charge in [-0.15, -0.1) is 0 Å². The zero-order chi connectivity index (χ0) is 11.5. The number of nitrogens with one attached hydrogen (secondary N) is 1. The Morgan fingerprint density at radius 3 is 2.75 bits per heavy atom. The molecule has 2 atom stereocenters. The summed E-state index contributed by atoms with van der Waals surface area (Å²) in [7, 11) is 1.98. The molecule has 0 aromatic heterocycles. The van der Waals surface area contributed by atoms with Crippen molar-refractivity contribution in [3.63, 3.8) is 0 Å². The van der Waals surface area contributed by atoms with Gasteiger partial charge in [0.15, 0.2) is 0 Å². The highest BCUT2D eigenvalue weighted by Gasteiger charge is 2.30. The second-order valence-electron chi connectivity index (χ2n) is 4.60. The Kier molecular flexibility index (Phi) is 3.98. The predicted molar refractivity (Wildman–Crippen MR) is 67.9 cm³/mol. The molecule has 0 radical (unpaired) electrons. The molecule has 0 amide bonds. The lowest BCUT2D eigenvalue weighted by atomic mass is 9.70. The normalized spacial score (nSPS) is 24.2. The van der Waals surface area contributed by atoms with Gasteiger partial charge in [0.2, 0.25) is 0 Å². The van der Waals surface area contributed by atoms with Crippen molar-refractivity contribution in [3.8, 4) is 0 Å². The molecule has 0 aliphatic heterocycles. The Labute approximate surface area is 105 Å². The summed E-state index contributed by atoms with van der Waals surface area (Å²) in [5, 5.41) is 3.21. The molecule has 1 aliphatic rings. The van der Waals surface area contributed by atoms with Crippen molar-refractivity contribution >= 4 is 15.9 Å². The molecule has 1 nitrogen and oxygen atoms in total. The molecule has 2 unspecified atom stereocenters. The summed E-state index contributed by atoms with van der Waals surface area (Å²) in [5.74, 6) is 1.30. The highest BCUT2D eigenvalue weighted by Crippen LogP contribution is 2.37. The van der Waals surface area contributed by atoms with E-state index in [0.717, 1.165) is 28.9 Å². The van der Waals surface area contributed by atoms with Crippen molar-refractivity contribution in [2.75, 3.05) is 13.6 Å². The zero-order valence-corrected chi connectivity index (χ0v) is 11.1. The Morgan fingerprint density at radius 2 is 2.12 bits per heavy atom. The average molecular weight is 286 g/mol. The number of hydrogen-bond acceptors (Lipinski definition) is 1. The van der Waals surface area contributed by atoms with E-state index in [4.69, 9.17) is 0 Å². The van der Waals surface area contributed by atoms with Gasteiger partial charge >= 0.3 is 0 Å². The van der Waals surface area contributed by atoms with Gasteiger partial charge in [-0.1, -0.05) is 15.9 Å². The first-order valence-electron chi connectivity index (χ1n) is 5.79. The summed E-state index contributed by atoms with van der Waals surface area (Å²) in [4.78, 5) is 0. The second kappa shape index (κ2) is 5.28. The van der Waals surface area contributed by atoms with E-state index in [-0.39, 0.29) is 5.82 Å². The molecule has 1 N–H and O–H groups in total. The number of benzene rings is 1. The quantitative estimate of drug-likeness (QED) is 0.894. The minimum absolute atomic E-state index is 0.0710. The Bertz CT molecular complexity index is 367. The predicted octanol–water partition coefficient (Wildman–Crippen LogP) is 3.38. The lowest BCUT2D eigenvalue weighted by Gasteiger charge is -2.36. The molecule has 88 valence electrons. The number of hydrogen-bond donors (Lipinski definition) is 1. The highest BCUT2D eigenvalue weighted by atomic mass is 79.9. The Balaban J connectivity index is 2.01. The fourth-order valence-electron chi connectivity index (χ4n) is 2.42. The van der Waals surface area contributed by atoms with Crippen LogP contribution in [0.25, 0.3) is 0 Å². The SMILES string of the molecule is CNCC1CCC1Cc1cc(Br)ccc1F. The zero-order valence-electron chi connectivity index (χ0n) is 9.47. The van der Waals surface area contributed by atoms with Crippen molar-refractivity contribution in [2.45, 2.75) is 19.3 Å². The van der Waals surface area contributed by atoms with Gasteiger partial charge in [0.25, 0.3) is 0 Å². The van der Waals surface area contributed by atoms with E-state index in [9.17, 15) is 4.39 Å². The molecule has 0 bridgehead atoms. The summed E-state index contributed by atoms with van der Waals surface area (Å²) >= 11 is 3.39. The van der Waals surface area contributed by atoms with Crippen molar-refractivity contribution in [3.05, 3.63) is 34.1 Å². The molecule has 3 heteroatoms. The fraction of sp³-hybridized carbons (Fsp3) is 0.538. The first-order valence-corrected chi connectivity index (χ1v) is 6.58. The second-order valence-corrected chi connectivity index (χ2v) is 5.51.